The molecule has 0 radical (unpaired) electrons. The van der Waals surface area contributed by atoms with Gasteiger partial charge in [-0.1, -0.05) is 30.3 Å². The Morgan fingerprint density at radius 1 is 1.31 bits per heavy atom. The molecule has 1 aliphatic rings. The Morgan fingerprint density at radius 2 is 2.00 bits per heavy atom. The standard InChI is InChI=1S/C14H22N2/c1-16(11-14(15)13-7-8-13)10-9-12-5-3-2-4-6-12/h2-6,13-14H,7-11,15H2,1H3. The third-order valence-corrected chi connectivity index (χ3v) is 3.38. The topological polar surface area (TPSA) is 29.3 Å². The van der Waals surface area contributed by atoms with Gasteiger partial charge < -0.3 is 10.6 Å². The van der Waals surface area contributed by atoms with Crippen molar-refractivity contribution in [1.82, 2.24) is 4.90 Å². The van der Waals surface area contributed by atoms with E-state index in [1.54, 1.807) is 0 Å². The van der Waals surface area contributed by atoms with Crippen molar-refractivity contribution in [2.24, 2.45) is 11.7 Å². The molecule has 1 aromatic rings. The molecule has 2 rings (SSSR count). The molecular formula is C14H22N2. The molecule has 0 aliphatic heterocycles. The summed E-state index contributed by atoms with van der Waals surface area (Å²) in [5.41, 5.74) is 7.52. The first-order chi connectivity index (χ1) is 7.75. The summed E-state index contributed by atoms with van der Waals surface area (Å²) in [6, 6.07) is 11.0. The van der Waals surface area contributed by atoms with Crippen LogP contribution in [0, 0.1) is 5.92 Å². The second-order valence-corrected chi connectivity index (χ2v) is 5.00. The van der Waals surface area contributed by atoms with Crippen molar-refractivity contribution < 1.29 is 0 Å². The molecule has 0 heterocycles. The Kier molecular flexibility index (Phi) is 3.97. The fourth-order valence-electron chi connectivity index (χ4n) is 2.09. The highest BCUT2D eigenvalue weighted by atomic mass is 15.1. The third kappa shape index (κ3) is 3.62. The van der Waals surface area contributed by atoms with Crippen molar-refractivity contribution in [2.45, 2.75) is 25.3 Å². The Morgan fingerprint density at radius 3 is 2.62 bits per heavy atom. The summed E-state index contributed by atoms with van der Waals surface area (Å²) in [5.74, 6) is 0.805. The highest BCUT2D eigenvalue weighted by Crippen LogP contribution is 2.31. The number of benzene rings is 1. The van der Waals surface area contributed by atoms with E-state index in [1.807, 2.05) is 0 Å². The molecule has 0 amide bonds. The predicted molar refractivity (Wildman–Crippen MR) is 68.3 cm³/mol. The summed E-state index contributed by atoms with van der Waals surface area (Å²) in [6.07, 6.45) is 3.80. The highest BCUT2D eigenvalue weighted by molar-refractivity contribution is 5.14. The van der Waals surface area contributed by atoms with Crippen LogP contribution < -0.4 is 5.73 Å². The van der Waals surface area contributed by atoms with Gasteiger partial charge in [0.05, 0.1) is 0 Å². The monoisotopic (exact) mass is 218 g/mol. The van der Waals surface area contributed by atoms with Gasteiger partial charge >= 0.3 is 0 Å². The Bertz CT molecular complexity index is 306. The first-order valence-corrected chi connectivity index (χ1v) is 6.24. The van der Waals surface area contributed by atoms with E-state index in [-0.39, 0.29) is 0 Å². The maximum atomic E-state index is 6.11. The second kappa shape index (κ2) is 5.46. The summed E-state index contributed by atoms with van der Waals surface area (Å²) in [7, 11) is 2.17. The average molecular weight is 218 g/mol. The van der Waals surface area contributed by atoms with Gasteiger partial charge in [-0.15, -0.1) is 0 Å². The molecule has 0 bridgehead atoms. The molecule has 2 heteroatoms. The van der Waals surface area contributed by atoms with E-state index < -0.39 is 0 Å². The van der Waals surface area contributed by atoms with E-state index in [0.717, 1.165) is 25.4 Å². The molecule has 0 aromatic heterocycles. The van der Waals surface area contributed by atoms with Crippen molar-refractivity contribution in [3.05, 3.63) is 35.9 Å². The predicted octanol–water partition coefficient (Wildman–Crippen LogP) is 1.90. The van der Waals surface area contributed by atoms with Crippen LogP contribution in [0.25, 0.3) is 0 Å². The molecule has 1 unspecified atom stereocenters. The van der Waals surface area contributed by atoms with E-state index >= 15 is 0 Å². The first kappa shape index (κ1) is 11.6. The number of nitrogens with zero attached hydrogens (tertiary/aromatic N) is 1. The zero-order chi connectivity index (χ0) is 11.4. The van der Waals surface area contributed by atoms with Gasteiger partial charge in [-0.25, -0.2) is 0 Å². The summed E-state index contributed by atoms with van der Waals surface area (Å²) < 4.78 is 0. The number of likely N-dealkylation sites (N-methyl/N-ethyl adjacent to an activating group) is 1. The van der Waals surface area contributed by atoms with Gasteiger partial charge in [0.15, 0.2) is 0 Å². The van der Waals surface area contributed by atoms with E-state index in [0.29, 0.717) is 6.04 Å². The van der Waals surface area contributed by atoms with Crippen LogP contribution in [-0.2, 0) is 6.42 Å². The zero-order valence-corrected chi connectivity index (χ0v) is 10.1. The van der Waals surface area contributed by atoms with Gasteiger partial charge in [-0.2, -0.15) is 0 Å². The largest absolute Gasteiger partial charge is 0.326 e. The van der Waals surface area contributed by atoms with Crippen molar-refractivity contribution in [2.75, 3.05) is 20.1 Å². The van der Waals surface area contributed by atoms with Gasteiger partial charge in [-0.3, -0.25) is 0 Å². The van der Waals surface area contributed by atoms with E-state index in [4.69, 9.17) is 5.73 Å². The molecule has 1 aliphatic carbocycles. The molecule has 1 atom stereocenters. The van der Waals surface area contributed by atoms with Crippen LogP contribution in [0.3, 0.4) is 0 Å². The maximum Gasteiger partial charge on any atom is 0.0196 e. The van der Waals surface area contributed by atoms with Crippen molar-refractivity contribution in [3.8, 4) is 0 Å². The summed E-state index contributed by atoms with van der Waals surface area (Å²) in [6.45, 7) is 2.14. The second-order valence-electron chi connectivity index (χ2n) is 5.00. The van der Waals surface area contributed by atoms with Crippen LogP contribution >= 0.6 is 0 Å². The van der Waals surface area contributed by atoms with E-state index in [9.17, 15) is 0 Å². The van der Waals surface area contributed by atoms with Crippen molar-refractivity contribution in [1.29, 1.82) is 0 Å². The lowest BCUT2D eigenvalue weighted by atomic mass is 10.1. The van der Waals surface area contributed by atoms with Gasteiger partial charge in [0.25, 0.3) is 0 Å². The fourth-order valence-corrected chi connectivity index (χ4v) is 2.09. The van der Waals surface area contributed by atoms with Crippen LogP contribution in [0.15, 0.2) is 30.3 Å². The smallest absolute Gasteiger partial charge is 0.0196 e. The number of rotatable bonds is 6. The van der Waals surface area contributed by atoms with Crippen LogP contribution in [0.5, 0.6) is 0 Å². The molecule has 1 fully saturated rings. The average Bonchev–Trinajstić information content (AvgIpc) is 3.11. The number of nitrogens with two attached hydrogens (primary N) is 1. The molecule has 0 saturated heterocycles. The zero-order valence-electron chi connectivity index (χ0n) is 10.1. The highest BCUT2D eigenvalue weighted by Gasteiger charge is 2.28. The first-order valence-electron chi connectivity index (χ1n) is 6.24. The summed E-state index contributed by atoms with van der Waals surface area (Å²) in [4.78, 5) is 2.36. The third-order valence-electron chi connectivity index (χ3n) is 3.38. The molecule has 1 aromatic carbocycles. The Balaban J connectivity index is 1.69. The molecule has 0 spiro atoms. The van der Waals surface area contributed by atoms with Crippen molar-refractivity contribution >= 4 is 0 Å². The lowest BCUT2D eigenvalue weighted by molar-refractivity contribution is 0.302. The number of hydrogen-bond donors (Lipinski definition) is 1. The van der Waals surface area contributed by atoms with Gasteiger partial charge in [-0.05, 0) is 37.8 Å². The van der Waals surface area contributed by atoms with Gasteiger partial charge in [0.1, 0.15) is 0 Å². The normalized spacial score (nSPS) is 17.7. The fraction of sp³-hybridized carbons (Fsp3) is 0.571. The molecular weight excluding hydrogens is 196 g/mol. The molecule has 2 nitrogen and oxygen atoms in total. The van der Waals surface area contributed by atoms with Crippen LogP contribution in [0.4, 0.5) is 0 Å². The van der Waals surface area contributed by atoms with E-state index in [1.165, 1.54) is 18.4 Å². The molecule has 88 valence electrons. The Hall–Kier alpha value is -0.860. The SMILES string of the molecule is CN(CCc1ccccc1)CC(N)C1CC1. The minimum atomic E-state index is 0.390. The van der Waals surface area contributed by atoms with Gasteiger partial charge in [0, 0.05) is 19.1 Å². The van der Waals surface area contributed by atoms with Gasteiger partial charge in [0.2, 0.25) is 0 Å². The van der Waals surface area contributed by atoms with Crippen LogP contribution in [0.1, 0.15) is 18.4 Å². The lowest BCUT2D eigenvalue weighted by Gasteiger charge is -2.21. The summed E-state index contributed by atoms with van der Waals surface area (Å²) >= 11 is 0. The Labute approximate surface area is 98.4 Å². The lowest BCUT2D eigenvalue weighted by Crippen LogP contribution is -2.37. The molecule has 16 heavy (non-hydrogen) atoms. The quantitative estimate of drug-likeness (QED) is 0.790. The number of hydrogen-bond acceptors (Lipinski definition) is 2. The molecule has 1 saturated carbocycles. The summed E-state index contributed by atoms with van der Waals surface area (Å²) in [5, 5.41) is 0. The minimum Gasteiger partial charge on any atom is -0.326 e. The molecule has 2 N–H and O–H groups in total. The maximum absolute atomic E-state index is 6.11. The van der Waals surface area contributed by atoms with E-state index in [2.05, 4.69) is 42.3 Å². The van der Waals surface area contributed by atoms with Crippen molar-refractivity contribution in [3.63, 3.8) is 0 Å². The van der Waals surface area contributed by atoms with Crippen LogP contribution in [-0.4, -0.2) is 31.1 Å². The van der Waals surface area contributed by atoms with Crippen LogP contribution in [0.2, 0.25) is 0 Å². The minimum absolute atomic E-state index is 0.390.